The summed E-state index contributed by atoms with van der Waals surface area (Å²) in [7, 11) is 4.54. The quantitative estimate of drug-likeness (QED) is 0.352. The van der Waals surface area contributed by atoms with Crippen LogP contribution in [0.2, 0.25) is 0 Å². The number of methoxy groups -OCH3 is 2. The molecule has 2 N–H and O–H groups in total. The van der Waals surface area contributed by atoms with E-state index in [0.717, 1.165) is 17.7 Å². The maximum Gasteiger partial charge on any atom is 0.416 e. The number of aryl methyl sites for hydroxylation is 1. The Bertz CT molecular complexity index is 1150. The Morgan fingerprint density at radius 3 is 2.06 bits per heavy atom. The minimum absolute atomic E-state index is 0.318. The lowest BCUT2D eigenvalue weighted by Crippen LogP contribution is -2.38. The average molecular weight is 505 g/mol. The summed E-state index contributed by atoms with van der Waals surface area (Å²) in [4.78, 5) is 12.8. The van der Waals surface area contributed by atoms with Crippen LogP contribution in [0.25, 0.3) is 0 Å². The van der Waals surface area contributed by atoms with Crippen LogP contribution in [-0.4, -0.2) is 27.2 Å². The number of likely N-dealkylation sites (N-methyl/N-ethyl adjacent to an activating group) is 1. The van der Waals surface area contributed by atoms with Crippen molar-refractivity contribution in [1.82, 2.24) is 10.6 Å². The van der Waals surface area contributed by atoms with Crippen molar-refractivity contribution in [2.75, 3.05) is 21.3 Å². The summed E-state index contributed by atoms with van der Waals surface area (Å²) in [6.45, 7) is 0. The molecular weight excluding hydrogens is 476 g/mol. The molecule has 1 unspecified atom stereocenters. The fraction of sp³-hybridized carbons (Fsp3) is 0.296. The van der Waals surface area contributed by atoms with E-state index >= 15 is 0 Å². The molecule has 3 aromatic rings. The van der Waals surface area contributed by atoms with E-state index in [4.69, 9.17) is 9.47 Å². The Morgan fingerprint density at radius 2 is 1.50 bits per heavy atom. The molecule has 0 fully saturated rings. The number of alkyl halides is 3. The summed E-state index contributed by atoms with van der Waals surface area (Å²) >= 11 is 0. The number of hydrogen-bond acceptors (Lipinski definition) is 4. The Kier molecular flexibility index (Phi) is 8.93. The molecule has 0 spiro atoms. The second kappa shape index (κ2) is 11.9. The molecule has 0 aliphatic carbocycles. The van der Waals surface area contributed by atoms with Crippen molar-refractivity contribution in [2.45, 2.75) is 31.1 Å². The monoisotopic (exact) mass is 504 g/mol. The van der Waals surface area contributed by atoms with E-state index in [9.17, 15) is 22.4 Å². The van der Waals surface area contributed by atoms with Crippen molar-refractivity contribution in [1.29, 1.82) is 0 Å². The third kappa shape index (κ3) is 6.75. The topological polar surface area (TPSA) is 59.6 Å². The number of ether oxygens (including phenoxy) is 2. The zero-order valence-corrected chi connectivity index (χ0v) is 20.2. The van der Waals surface area contributed by atoms with Gasteiger partial charge in [0.2, 0.25) is 5.91 Å². The summed E-state index contributed by atoms with van der Waals surface area (Å²) in [6, 6.07) is 14.8. The maximum atomic E-state index is 13.5. The van der Waals surface area contributed by atoms with Crippen LogP contribution in [0.3, 0.4) is 0 Å². The smallest absolute Gasteiger partial charge is 0.416 e. The fourth-order valence-electron chi connectivity index (χ4n) is 3.91. The van der Waals surface area contributed by atoms with E-state index in [1.165, 1.54) is 57.7 Å². The number of halogens is 4. The molecule has 0 aliphatic rings. The highest BCUT2D eigenvalue weighted by Gasteiger charge is 2.30. The van der Waals surface area contributed by atoms with E-state index in [1.54, 1.807) is 12.1 Å². The number of carbonyl (C=O) groups excluding carboxylic acids is 1. The molecule has 5 nitrogen and oxygen atoms in total. The second-order valence-corrected chi connectivity index (χ2v) is 8.17. The summed E-state index contributed by atoms with van der Waals surface area (Å²) in [5.41, 5.74) is 1.36. The van der Waals surface area contributed by atoms with Crippen LogP contribution in [0.1, 0.15) is 40.8 Å². The molecule has 0 saturated heterocycles. The van der Waals surface area contributed by atoms with Crippen molar-refractivity contribution in [3.05, 3.63) is 94.8 Å². The molecule has 0 aliphatic heterocycles. The molecule has 0 radical (unpaired) electrons. The van der Waals surface area contributed by atoms with E-state index in [0.29, 0.717) is 35.5 Å². The molecule has 0 heterocycles. The SMILES string of the molecule is CNC(=O)C(N[C@H](CCc1ccc(C(F)(F)F)cc1)c1ccc(OC)c(OC)c1)c1ccc(F)cc1. The Hall–Kier alpha value is -3.59. The van der Waals surface area contributed by atoms with E-state index in [-0.39, 0.29) is 5.91 Å². The highest BCUT2D eigenvalue weighted by Crippen LogP contribution is 2.33. The van der Waals surface area contributed by atoms with Crippen LogP contribution >= 0.6 is 0 Å². The molecule has 1 amide bonds. The predicted molar refractivity (Wildman–Crippen MR) is 128 cm³/mol. The number of hydrogen-bond donors (Lipinski definition) is 2. The fourth-order valence-corrected chi connectivity index (χ4v) is 3.91. The summed E-state index contributed by atoms with van der Waals surface area (Å²) in [5.74, 6) is 0.286. The third-order valence-electron chi connectivity index (χ3n) is 5.89. The zero-order valence-electron chi connectivity index (χ0n) is 20.2. The molecule has 3 rings (SSSR count). The van der Waals surface area contributed by atoms with Gasteiger partial charge in [0.25, 0.3) is 0 Å². The van der Waals surface area contributed by atoms with Gasteiger partial charge >= 0.3 is 6.18 Å². The van der Waals surface area contributed by atoms with E-state index < -0.39 is 29.6 Å². The van der Waals surface area contributed by atoms with E-state index in [1.807, 2.05) is 6.07 Å². The lowest BCUT2D eigenvalue weighted by molar-refractivity contribution is -0.137. The normalized spacial score (nSPS) is 13.1. The first kappa shape index (κ1) is 27.0. The molecule has 9 heteroatoms. The Morgan fingerprint density at radius 1 is 0.889 bits per heavy atom. The minimum atomic E-state index is -4.40. The first-order chi connectivity index (χ1) is 17.2. The van der Waals surface area contributed by atoms with Gasteiger partial charge in [0, 0.05) is 13.1 Å². The lowest BCUT2D eigenvalue weighted by Gasteiger charge is -2.26. The molecule has 3 aromatic carbocycles. The van der Waals surface area contributed by atoms with Gasteiger partial charge < -0.3 is 14.8 Å². The molecule has 2 atom stereocenters. The highest BCUT2D eigenvalue weighted by atomic mass is 19.4. The maximum absolute atomic E-state index is 13.5. The van der Waals surface area contributed by atoms with Crippen LogP contribution in [-0.2, 0) is 17.4 Å². The van der Waals surface area contributed by atoms with Gasteiger partial charge in [-0.2, -0.15) is 13.2 Å². The molecule has 0 saturated carbocycles. The Balaban J connectivity index is 1.93. The van der Waals surface area contributed by atoms with Gasteiger partial charge in [0.15, 0.2) is 11.5 Å². The number of benzene rings is 3. The summed E-state index contributed by atoms with van der Waals surface area (Å²) < 4.78 is 63.1. The van der Waals surface area contributed by atoms with E-state index in [2.05, 4.69) is 10.6 Å². The number of amides is 1. The highest BCUT2D eigenvalue weighted by molar-refractivity contribution is 5.83. The minimum Gasteiger partial charge on any atom is -0.493 e. The van der Waals surface area contributed by atoms with Gasteiger partial charge in [-0.15, -0.1) is 0 Å². The van der Waals surface area contributed by atoms with Crippen LogP contribution < -0.4 is 20.1 Å². The molecule has 36 heavy (non-hydrogen) atoms. The van der Waals surface area contributed by atoms with Crippen molar-refractivity contribution < 1.29 is 31.8 Å². The van der Waals surface area contributed by atoms with Crippen LogP contribution in [0, 0.1) is 5.82 Å². The molecule has 192 valence electrons. The zero-order chi connectivity index (χ0) is 26.3. The van der Waals surface area contributed by atoms with Crippen molar-refractivity contribution >= 4 is 5.91 Å². The predicted octanol–water partition coefficient (Wildman–Crippen LogP) is 5.61. The summed E-state index contributed by atoms with van der Waals surface area (Å²) in [6.07, 6.45) is -3.51. The van der Waals surface area contributed by atoms with Crippen molar-refractivity contribution in [3.8, 4) is 11.5 Å². The van der Waals surface area contributed by atoms with Gasteiger partial charge in [0.1, 0.15) is 11.9 Å². The second-order valence-electron chi connectivity index (χ2n) is 8.17. The molecular formula is C27H28F4N2O3. The first-order valence-corrected chi connectivity index (χ1v) is 11.3. The number of rotatable bonds is 10. The first-order valence-electron chi connectivity index (χ1n) is 11.3. The number of nitrogens with one attached hydrogen (secondary N) is 2. The van der Waals surface area contributed by atoms with Gasteiger partial charge in [-0.3, -0.25) is 10.1 Å². The lowest BCUT2D eigenvalue weighted by atomic mass is 9.95. The van der Waals surface area contributed by atoms with Crippen LogP contribution in [0.5, 0.6) is 11.5 Å². The van der Waals surface area contributed by atoms with Crippen molar-refractivity contribution in [3.63, 3.8) is 0 Å². The molecule has 0 aromatic heterocycles. The number of carbonyl (C=O) groups is 1. The van der Waals surface area contributed by atoms with Crippen LogP contribution in [0.4, 0.5) is 17.6 Å². The standard InChI is InChI=1S/C27H28F4N2O3/c1-32-26(34)25(18-7-12-21(28)13-8-18)33-22(19-9-15-23(35-2)24(16-19)36-3)14-6-17-4-10-20(11-5-17)27(29,30)31/h4-5,7-13,15-16,22,25,33H,6,14H2,1-3H3,(H,32,34)/t22-,25?/m1/s1. The van der Waals surface area contributed by atoms with Gasteiger partial charge in [0.05, 0.1) is 19.8 Å². The Labute approximate surface area is 207 Å². The molecule has 0 bridgehead atoms. The van der Waals surface area contributed by atoms with Crippen LogP contribution in [0.15, 0.2) is 66.7 Å². The van der Waals surface area contributed by atoms with Gasteiger partial charge in [-0.25, -0.2) is 4.39 Å². The van der Waals surface area contributed by atoms with Crippen molar-refractivity contribution in [2.24, 2.45) is 0 Å². The van der Waals surface area contributed by atoms with Gasteiger partial charge in [-0.1, -0.05) is 30.3 Å². The largest absolute Gasteiger partial charge is 0.493 e. The third-order valence-corrected chi connectivity index (χ3v) is 5.89. The van der Waals surface area contributed by atoms with Gasteiger partial charge in [-0.05, 0) is 65.9 Å². The average Bonchev–Trinajstić information content (AvgIpc) is 2.88. The summed E-state index contributed by atoms with van der Waals surface area (Å²) in [5, 5.41) is 5.96.